The molecule has 0 amide bonds. The summed E-state index contributed by atoms with van der Waals surface area (Å²) in [6.07, 6.45) is 4.48. The van der Waals surface area contributed by atoms with Gasteiger partial charge >= 0.3 is 0 Å². The van der Waals surface area contributed by atoms with E-state index in [0.717, 1.165) is 39.8 Å². The zero-order valence-corrected chi connectivity index (χ0v) is 21.3. The number of nitrogens with zero attached hydrogens (tertiary/aromatic N) is 4. The summed E-state index contributed by atoms with van der Waals surface area (Å²) in [6, 6.07) is 13.1. The van der Waals surface area contributed by atoms with E-state index in [1.54, 1.807) is 6.33 Å². The fourth-order valence-corrected chi connectivity index (χ4v) is 6.08. The van der Waals surface area contributed by atoms with Crippen LogP contribution in [0.3, 0.4) is 0 Å². The van der Waals surface area contributed by atoms with Crippen molar-refractivity contribution in [1.29, 1.82) is 0 Å². The third kappa shape index (κ3) is 4.51. The SMILES string of the molecule is CC1=NC2PC=C(c3ccc4c(c3)CN(c3ncnc(C)c3Cc3ccc(F)cc3)CCO4)C=C2N1. The molecule has 3 aromatic rings. The van der Waals surface area contributed by atoms with Gasteiger partial charge in [-0.2, -0.15) is 0 Å². The molecular formula is C28H27FN5OP. The summed E-state index contributed by atoms with van der Waals surface area (Å²) >= 11 is 0. The predicted octanol–water partition coefficient (Wildman–Crippen LogP) is 5.18. The summed E-state index contributed by atoms with van der Waals surface area (Å²) in [6.45, 7) is 5.99. The smallest absolute Gasteiger partial charge is 0.136 e. The van der Waals surface area contributed by atoms with Gasteiger partial charge in [0.1, 0.15) is 36.1 Å². The van der Waals surface area contributed by atoms with Crippen LogP contribution >= 0.6 is 8.58 Å². The maximum atomic E-state index is 13.4. The Labute approximate surface area is 211 Å². The first kappa shape index (κ1) is 22.9. The van der Waals surface area contributed by atoms with E-state index >= 15 is 0 Å². The Balaban J connectivity index is 1.30. The molecule has 0 saturated carbocycles. The van der Waals surface area contributed by atoms with Crippen molar-refractivity contribution < 1.29 is 9.13 Å². The fraction of sp³-hybridized carbons (Fsp3) is 0.250. The molecule has 3 aliphatic heterocycles. The summed E-state index contributed by atoms with van der Waals surface area (Å²) in [5.41, 5.74) is 7.71. The van der Waals surface area contributed by atoms with Crippen LogP contribution < -0.4 is 15.0 Å². The summed E-state index contributed by atoms with van der Waals surface area (Å²) in [5, 5.41) is 3.40. The number of hydrogen-bond acceptors (Lipinski definition) is 6. The minimum absolute atomic E-state index is 0.233. The van der Waals surface area contributed by atoms with E-state index in [1.807, 2.05) is 26.0 Å². The zero-order valence-electron chi connectivity index (χ0n) is 20.3. The van der Waals surface area contributed by atoms with Crippen LogP contribution in [0.1, 0.15) is 34.9 Å². The molecule has 2 aromatic carbocycles. The number of benzene rings is 2. The number of fused-ring (bicyclic) bond motifs is 2. The van der Waals surface area contributed by atoms with Crippen LogP contribution in [-0.2, 0) is 13.0 Å². The minimum atomic E-state index is -0.233. The molecule has 0 aliphatic carbocycles. The average molecular weight is 500 g/mol. The fourth-order valence-electron chi connectivity index (χ4n) is 4.89. The van der Waals surface area contributed by atoms with Crippen molar-refractivity contribution in [1.82, 2.24) is 15.3 Å². The Bertz CT molecular complexity index is 1420. The first-order valence-corrected chi connectivity index (χ1v) is 13.2. The molecule has 3 aliphatic rings. The molecular weight excluding hydrogens is 472 g/mol. The molecule has 2 atom stereocenters. The molecule has 1 aromatic heterocycles. The Kier molecular flexibility index (Phi) is 6.02. The second-order valence-electron chi connectivity index (χ2n) is 9.27. The van der Waals surface area contributed by atoms with Crippen LogP contribution in [0.4, 0.5) is 10.2 Å². The average Bonchev–Trinajstić information content (AvgIpc) is 3.12. The minimum Gasteiger partial charge on any atom is -0.491 e. The number of anilines is 1. The van der Waals surface area contributed by atoms with Crippen molar-refractivity contribution in [2.75, 3.05) is 18.1 Å². The first-order chi connectivity index (χ1) is 17.5. The number of ether oxygens (including phenoxy) is 1. The quantitative estimate of drug-likeness (QED) is 0.502. The predicted molar refractivity (Wildman–Crippen MR) is 143 cm³/mol. The Morgan fingerprint density at radius 1 is 1.14 bits per heavy atom. The lowest BCUT2D eigenvalue weighted by atomic mass is 10.0. The number of aromatic nitrogens is 2. The van der Waals surface area contributed by atoms with E-state index < -0.39 is 0 Å². The number of amidine groups is 1. The molecule has 0 fully saturated rings. The second kappa shape index (κ2) is 9.47. The summed E-state index contributed by atoms with van der Waals surface area (Å²) in [4.78, 5) is 16.1. The second-order valence-corrected chi connectivity index (χ2v) is 10.4. The van der Waals surface area contributed by atoms with Crippen LogP contribution in [0.5, 0.6) is 5.75 Å². The Hall–Kier alpha value is -3.57. The topological polar surface area (TPSA) is 62.6 Å². The number of nitrogens with one attached hydrogen (secondary N) is 1. The van der Waals surface area contributed by atoms with E-state index in [1.165, 1.54) is 29.0 Å². The highest BCUT2D eigenvalue weighted by Gasteiger charge is 2.25. The standard InChI is InChI=1S/C28H27FN5OP/c1-17-24(11-19-3-6-23(29)7-4-19)27(31-16-30-17)34-9-10-35-26-8-5-20(12-21(26)14-34)22-13-25-28(36-15-22)33-18(2)32-25/h3-8,12-13,15-16,28,36H,9-11,14H2,1-2H3,(H,32,33). The molecule has 1 N–H and O–H groups in total. The van der Waals surface area contributed by atoms with E-state index in [-0.39, 0.29) is 11.6 Å². The molecule has 0 saturated heterocycles. The zero-order chi connectivity index (χ0) is 24.6. The number of aliphatic imine (C=N–C) groups is 1. The highest BCUT2D eigenvalue weighted by Crippen LogP contribution is 2.40. The van der Waals surface area contributed by atoms with E-state index in [9.17, 15) is 4.39 Å². The summed E-state index contributed by atoms with van der Waals surface area (Å²) in [5.74, 6) is 5.10. The van der Waals surface area contributed by atoms with Crippen molar-refractivity contribution in [3.63, 3.8) is 0 Å². The molecule has 0 spiro atoms. The van der Waals surface area contributed by atoms with E-state index in [0.29, 0.717) is 34.7 Å². The van der Waals surface area contributed by atoms with Crippen LogP contribution in [0, 0.1) is 12.7 Å². The van der Waals surface area contributed by atoms with Gasteiger partial charge < -0.3 is 15.0 Å². The van der Waals surface area contributed by atoms with Crippen LogP contribution in [0.25, 0.3) is 5.57 Å². The van der Waals surface area contributed by atoms with Crippen LogP contribution in [-0.4, -0.2) is 34.7 Å². The normalized spacial score (nSPS) is 19.4. The Morgan fingerprint density at radius 3 is 2.86 bits per heavy atom. The monoisotopic (exact) mass is 499 g/mol. The van der Waals surface area contributed by atoms with Gasteiger partial charge in [-0.15, -0.1) is 0 Å². The number of halogens is 1. The van der Waals surface area contributed by atoms with E-state index in [4.69, 9.17) is 9.72 Å². The van der Waals surface area contributed by atoms with Gasteiger partial charge in [-0.05, 0) is 60.9 Å². The van der Waals surface area contributed by atoms with Gasteiger partial charge in [0.2, 0.25) is 0 Å². The van der Waals surface area contributed by atoms with Crippen LogP contribution in [0.2, 0.25) is 0 Å². The lowest BCUT2D eigenvalue weighted by Gasteiger charge is -2.24. The van der Waals surface area contributed by atoms with Gasteiger partial charge in [-0.3, -0.25) is 4.99 Å². The van der Waals surface area contributed by atoms with Crippen molar-refractivity contribution in [2.24, 2.45) is 4.99 Å². The molecule has 182 valence electrons. The van der Waals surface area contributed by atoms with Gasteiger partial charge in [0.15, 0.2) is 0 Å². The molecule has 36 heavy (non-hydrogen) atoms. The largest absolute Gasteiger partial charge is 0.491 e. The van der Waals surface area contributed by atoms with Gasteiger partial charge in [0.05, 0.1) is 12.4 Å². The molecule has 6 rings (SSSR count). The molecule has 0 bridgehead atoms. The van der Waals surface area contributed by atoms with Gasteiger partial charge in [0.25, 0.3) is 0 Å². The first-order valence-electron chi connectivity index (χ1n) is 12.1. The third-order valence-electron chi connectivity index (χ3n) is 6.76. The lowest BCUT2D eigenvalue weighted by molar-refractivity contribution is 0.331. The maximum Gasteiger partial charge on any atom is 0.136 e. The van der Waals surface area contributed by atoms with Gasteiger partial charge in [-0.1, -0.05) is 32.6 Å². The third-order valence-corrected chi connectivity index (χ3v) is 7.99. The van der Waals surface area contributed by atoms with Crippen LogP contribution in [0.15, 0.2) is 71.4 Å². The summed E-state index contributed by atoms with van der Waals surface area (Å²) in [7, 11) is 0.627. The van der Waals surface area contributed by atoms with Crippen molar-refractivity contribution >= 4 is 25.8 Å². The van der Waals surface area contributed by atoms with E-state index in [2.05, 4.69) is 50.3 Å². The number of aryl methyl sites for hydroxylation is 1. The number of allylic oxidation sites excluding steroid dienone is 2. The van der Waals surface area contributed by atoms with Gasteiger partial charge in [0, 0.05) is 35.5 Å². The molecule has 8 heteroatoms. The van der Waals surface area contributed by atoms with Crippen molar-refractivity contribution in [3.8, 4) is 5.75 Å². The summed E-state index contributed by atoms with van der Waals surface area (Å²) < 4.78 is 19.6. The lowest BCUT2D eigenvalue weighted by Crippen LogP contribution is -2.28. The molecule has 2 unspecified atom stereocenters. The molecule has 6 nitrogen and oxygen atoms in total. The number of hydrogen-bond donors (Lipinski definition) is 1. The highest BCUT2D eigenvalue weighted by atomic mass is 31.1. The van der Waals surface area contributed by atoms with Crippen molar-refractivity contribution in [3.05, 3.63) is 100 Å². The molecule has 4 heterocycles. The van der Waals surface area contributed by atoms with Gasteiger partial charge in [-0.25, -0.2) is 14.4 Å². The maximum absolute atomic E-state index is 13.4. The van der Waals surface area contributed by atoms with Crippen molar-refractivity contribution in [2.45, 2.75) is 32.6 Å². The highest BCUT2D eigenvalue weighted by molar-refractivity contribution is 7.43. The number of rotatable bonds is 4. The molecule has 0 radical (unpaired) electrons. The Morgan fingerprint density at radius 2 is 2.00 bits per heavy atom.